The summed E-state index contributed by atoms with van der Waals surface area (Å²) in [4.78, 5) is 2.16. The molecule has 0 bridgehead atoms. The first-order valence-electron chi connectivity index (χ1n) is 3.94. The van der Waals surface area contributed by atoms with E-state index in [-0.39, 0.29) is 6.10 Å². The third-order valence-corrected chi connectivity index (χ3v) is 3.07. The van der Waals surface area contributed by atoms with Gasteiger partial charge in [-0.2, -0.15) is 0 Å². The maximum absolute atomic E-state index is 10.9. The number of aliphatic hydroxyl groups excluding tert-OH is 1. The highest BCUT2D eigenvalue weighted by atomic mass is 32.2. The van der Waals surface area contributed by atoms with E-state index in [1.54, 1.807) is 6.92 Å². The second kappa shape index (κ2) is 4.18. The molecule has 0 radical (unpaired) electrons. The summed E-state index contributed by atoms with van der Waals surface area (Å²) in [5, 5.41) is 9.05. The highest BCUT2D eigenvalue weighted by Crippen LogP contribution is 2.00. The molecule has 1 aliphatic rings. The summed E-state index contributed by atoms with van der Waals surface area (Å²) in [6.45, 7) is 4.25. The average Bonchev–Trinajstić information content (AvgIpc) is 1.93. The Morgan fingerprint density at radius 2 is 2.09 bits per heavy atom. The van der Waals surface area contributed by atoms with E-state index in [1.807, 2.05) is 0 Å². The lowest BCUT2D eigenvalue weighted by Gasteiger charge is -2.26. The van der Waals surface area contributed by atoms with Gasteiger partial charge >= 0.3 is 0 Å². The molecular formula is C7H15NO2S. The van der Waals surface area contributed by atoms with Crippen LogP contribution in [0, 0.1) is 0 Å². The summed E-state index contributed by atoms with van der Waals surface area (Å²) >= 11 is 0. The van der Waals surface area contributed by atoms with Gasteiger partial charge in [0.25, 0.3) is 0 Å². The van der Waals surface area contributed by atoms with E-state index in [2.05, 4.69) is 4.90 Å². The summed E-state index contributed by atoms with van der Waals surface area (Å²) in [7, 11) is -0.599. The molecule has 0 amide bonds. The SMILES string of the molecule is C[C@H](O)CN1CCS(=O)CC1. The summed E-state index contributed by atoms with van der Waals surface area (Å²) in [5.74, 6) is 1.54. The van der Waals surface area contributed by atoms with Gasteiger partial charge in [-0.05, 0) is 6.92 Å². The van der Waals surface area contributed by atoms with Gasteiger partial charge in [0, 0.05) is 41.9 Å². The second-order valence-electron chi connectivity index (χ2n) is 3.00. The molecule has 4 heteroatoms. The molecular weight excluding hydrogens is 162 g/mol. The van der Waals surface area contributed by atoms with Gasteiger partial charge in [0.05, 0.1) is 6.10 Å². The Labute approximate surface area is 69.9 Å². The van der Waals surface area contributed by atoms with E-state index in [0.29, 0.717) is 0 Å². The molecule has 1 N–H and O–H groups in total. The van der Waals surface area contributed by atoms with Gasteiger partial charge in [-0.1, -0.05) is 0 Å². The van der Waals surface area contributed by atoms with Crippen LogP contribution in [0.1, 0.15) is 6.92 Å². The summed E-state index contributed by atoms with van der Waals surface area (Å²) in [6.07, 6.45) is -0.262. The molecule has 1 fully saturated rings. The Balaban J connectivity index is 2.22. The lowest BCUT2D eigenvalue weighted by atomic mass is 10.3. The number of hydrogen-bond acceptors (Lipinski definition) is 3. The van der Waals surface area contributed by atoms with Gasteiger partial charge in [-0.15, -0.1) is 0 Å². The highest BCUT2D eigenvalue weighted by Gasteiger charge is 2.15. The molecule has 0 unspecified atom stereocenters. The van der Waals surface area contributed by atoms with E-state index in [4.69, 9.17) is 5.11 Å². The van der Waals surface area contributed by atoms with Crippen molar-refractivity contribution in [1.29, 1.82) is 0 Å². The zero-order valence-corrected chi connectivity index (χ0v) is 7.64. The maximum atomic E-state index is 10.9. The summed E-state index contributed by atoms with van der Waals surface area (Å²) < 4.78 is 10.9. The van der Waals surface area contributed by atoms with Crippen LogP contribution in [0.3, 0.4) is 0 Å². The topological polar surface area (TPSA) is 40.5 Å². The second-order valence-corrected chi connectivity index (χ2v) is 4.69. The first-order chi connectivity index (χ1) is 5.18. The Morgan fingerprint density at radius 3 is 2.55 bits per heavy atom. The number of hydrogen-bond donors (Lipinski definition) is 1. The lowest BCUT2D eigenvalue weighted by molar-refractivity contribution is 0.132. The molecule has 1 heterocycles. The van der Waals surface area contributed by atoms with Crippen LogP contribution < -0.4 is 0 Å². The Bertz CT molecular complexity index is 139. The average molecular weight is 177 g/mol. The largest absolute Gasteiger partial charge is 0.392 e. The van der Waals surface area contributed by atoms with Crippen molar-refractivity contribution >= 4 is 10.8 Å². The standard InChI is InChI=1S/C7H15NO2S/c1-7(9)6-8-2-4-11(10)5-3-8/h7,9H,2-6H2,1H3/t7-/m0/s1. The molecule has 1 aliphatic heterocycles. The molecule has 0 aromatic heterocycles. The molecule has 11 heavy (non-hydrogen) atoms. The zero-order chi connectivity index (χ0) is 8.27. The highest BCUT2D eigenvalue weighted by molar-refractivity contribution is 7.85. The Kier molecular flexibility index (Phi) is 3.48. The molecule has 66 valence electrons. The quantitative estimate of drug-likeness (QED) is 0.614. The van der Waals surface area contributed by atoms with Crippen molar-refractivity contribution < 1.29 is 9.32 Å². The van der Waals surface area contributed by atoms with Crippen LogP contribution in [-0.4, -0.2) is 51.5 Å². The van der Waals surface area contributed by atoms with Crippen LogP contribution in [0.15, 0.2) is 0 Å². The maximum Gasteiger partial charge on any atom is 0.0639 e. The molecule has 0 spiro atoms. The first-order valence-corrected chi connectivity index (χ1v) is 5.42. The van der Waals surface area contributed by atoms with Crippen molar-refractivity contribution in [1.82, 2.24) is 4.90 Å². The van der Waals surface area contributed by atoms with Crippen molar-refractivity contribution in [3.05, 3.63) is 0 Å². The first kappa shape index (κ1) is 9.16. The van der Waals surface area contributed by atoms with E-state index in [9.17, 15) is 4.21 Å². The van der Waals surface area contributed by atoms with Crippen LogP contribution in [0.2, 0.25) is 0 Å². The van der Waals surface area contributed by atoms with E-state index in [1.165, 1.54) is 0 Å². The van der Waals surface area contributed by atoms with Gasteiger partial charge < -0.3 is 5.11 Å². The van der Waals surface area contributed by atoms with Crippen LogP contribution in [0.5, 0.6) is 0 Å². The Morgan fingerprint density at radius 1 is 1.55 bits per heavy atom. The number of aliphatic hydroxyl groups is 1. The van der Waals surface area contributed by atoms with Gasteiger partial charge in [-0.25, -0.2) is 0 Å². The predicted octanol–water partition coefficient (Wildman–Crippen LogP) is -0.568. The fourth-order valence-corrected chi connectivity index (χ4v) is 2.36. The number of β-amino-alcohol motifs (C(OH)–C–C–N with tert-alkyl or cyclic N) is 1. The van der Waals surface area contributed by atoms with Crippen molar-refractivity contribution in [2.45, 2.75) is 13.0 Å². The van der Waals surface area contributed by atoms with Gasteiger partial charge in [-0.3, -0.25) is 9.11 Å². The minimum atomic E-state index is -0.599. The van der Waals surface area contributed by atoms with E-state index < -0.39 is 10.8 Å². The van der Waals surface area contributed by atoms with Crippen molar-refractivity contribution in [2.75, 3.05) is 31.1 Å². The van der Waals surface area contributed by atoms with Crippen LogP contribution in [-0.2, 0) is 10.8 Å². The fourth-order valence-electron chi connectivity index (χ4n) is 1.23. The molecule has 1 saturated heterocycles. The predicted molar refractivity (Wildman–Crippen MR) is 46.0 cm³/mol. The molecule has 0 aromatic carbocycles. The Hall–Kier alpha value is 0.0700. The van der Waals surface area contributed by atoms with Crippen LogP contribution >= 0.6 is 0 Å². The summed E-state index contributed by atoms with van der Waals surface area (Å²) in [5.41, 5.74) is 0. The smallest absolute Gasteiger partial charge is 0.0639 e. The summed E-state index contributed by atoms with van der Waals surface area (Å²) in [6, 6.07) is 0. The van der Waals surface area contributed by atoms with Crippen molar-refractivity contribution in [2.24, 2.45) is 0 Å². The monoisotopic (exact) mass is 177 g/mol. The van der Waals surface area contributed by atoms with Crippen molar-refractivity contribution in [3.63, 3.8) is 0 Å². The van der Waals surface area contributed by atoms with E-state index in [0.717, 1.165) is 31.1 Å². The minimum absolute atomic E-state index is 0.262. The molecule has 0 aliphatic carbocycles. The third-order valence-electron chi connectivity index (χ3n) is 1.79. The fraction of sp³-hybridized carbons (Fsp3) is 1.00. The van der Waals surface area contributed by atoms with Crippen LogP contribution in [0.25, 0.3) is 0 Å². The molecule has 3 nitrogen and oxygen atoms in total. The number of rotatable bonds is 2. The molecule has 0 saturated carbocycles. The third kappa shape index (κ3) is 3.31. The molecule has 1 rings (SSSR count). The van der Waals surface area contributed by atoms with Gasteiger partial charge in [0.15, 0.2) is 0 Å². The van der Waals surface area contributed by atoms with Crippen molar-refractivity contribution in [3.8, 4) is 0 Å². The minimum Gasteiger partial charge on any atom is -0.392 e. The normalized spacial score (nSPS) is 25.3. The molecule has 1 atom stereocenters. The molecule has 0 aromatic rings. The van der Waals surface area contributed by atoms with Gasteiger partial charge in [0.1, 0.15) is 0 Å². The van der Waals surface area contributed by atoms with Gasteiger partial charge in [0.2, 0.25) is 0 Å². The number of nitrogens with zero attached hydrogens (tertiary/aromatic N) is 1. The van der Waals surface area contributed by atoms with Crippen LogP contribution in [0.4, 0.5) is 0 Å². The van der Waals surface area contributed by atoms with E-state index >= 15 is 0 Å². The zero-order valence-electron chi connectivity index (χ0n) is 6.82. The lowest BCUT2D eigenvalue weighted by Crippen LogP contribution is -2.41.